The molecule has 2 N–H and O–H groups in total. The molecule has 4 aliphatic rings. The molecular weight excluding hydrogens is 368 g/mol. The normalized spacial score (nSPS) is 47.9. The predicted molar refractivity (Wildman–Crippen MR) is 108 cm³/mol. The minimum absolute atomic E-state index is 0.0260. The number of carboxylic acid groups (broad SMARTS) is 1. The fourth-order valence-electron chi connectivity index (χ4n) is 8.22. The lowest BCUT2D eigenvalue weighted by Crippen LogP contribution is -2.61. The Kier molecular flexibility index (Phi) is 5.20. The monoisotopic (exact) mass is 404 g/mol. The van der Waals surface area contributed by atoms with Gasteiger partial charge in [-0.2, -0.15) is 0 Å². The summed E-state index contributed by atoms with van der Waals surface area (Å²) >= 11 is 0. The van der Waals surface area contributed by atoms with E-state index in [0.29, 0.717) is 43.7 Å². The molecule has 0 bridgehead atoms. The van der Waals surface area contributed by atoms with Gasteiger partial charge in [-0.1, -0.05) is 20.8 Å². The van der Waals surface area contributed by atoms with Crippen molar-refractivity contribution >= 4 is 17.5 Å². The molecule has 4 fully saturated rings. The van der Waals surface area contributed by atoms with Crippen molar-refractivity contribution in [1.82, 2.24) is 0 Å². The molecule has 162 valence electrons. The molecule has 0 saturated heterocycles. The van der Waals surface area contributed by atoms with Crippen LogP contribution in [0.25, 0.3) is 0 Å². The fraction of sp³-hybridized carbons (Fsp3) is 0.875. The summed E-state index contributed by atoms with van der Waals surface area (Å²) < 4.78 is 0. The number of aliphatic hydroxyl groups is 1. The van der Waals surface area contributed by atoms with Crippen molar-refractivity contribution in [2.75, 3.05) is 0 Å². The number of rotatable bonds is 4. The summed E-state index contributed by atoms with van der Waals surface area (Å²) in [7, 11) is 0. The van der Waals surface area contributed by atoms with Gasteiger partial charge in [-0.05, 0) is 73.0 Å². The summed E-state index contributed by atoms with van der Waals surface area (Å²) in [5, 5.41) is 20.3. The molecule has 0 aliphatic heterocycles. The number of Topliss-reactive ketones (excluding diaryl/α,β-unsaturated/α-hetero) is 2. The molecule has 0 spiro atoms. The van der Waals surface area contributed by atoms with E-state index in [0.717, 1.165) is 19.3 Å². The number of aliphatic hydroxyl groups excluding tert-OH is 1. The van der Waals surface area contributed by atoms with E-state index in [2.05, 4.69) is 20.8 Å². The molecule has 5 nitrogen and oxygen atoms in total. The third-order valence-electron chi connectivity index (χ3n) is 9.93. The molecule has 4 rings (SSSR count). The van der Waals surface area contributed by atoms with Crippen LogP contribution in [0.3, 0.4) is 0 Å². The summed E-state index contributed by atoms with van der Waals surface area (Å²) in [6, 6.07) is 0. The van der Waals surface area contributed by atoms with E-state index in [1.165, 1.54) is 0 Å². The van der Waals surface area contributed by atoms with Crippen LogP contribution in [0.15, 0.2) is 0 Å². The van der Waals surface area contributed by atoms with E-state index < -0.39 is 17.5 Å². The highest BCUT2D eigenvalue weighted by Crippen LogP contribution is 2.67. The number of carbonyl (C=O) groups excluding carboxylic acids is 2. The minimum atomic E-state index is -0.778. The zero-order valence-corrected chi connectivity index (χ0v) is 18.0. The van der Waals surface area contributed by atoms with Crippen molar-refractivity contribution < 1.29 is 24.6 Å². The van der Waals surface area contributed by atoms with Crippen LogP contribution in [0.5, 0.6) is 0 Å². The molecule has 0 aromatic rings. The highest BCUT2D eigenvalue weighted by Gasteiger charge is 2.65. The van der Waals surface area contributed by atoms with Gasteiger partial charge in [0, 0.05) is 31.1 Å². The molecule has 29 heavy (non-hydrogen) atoms. The van der Waals surface area contributed by atoms with Gasteiger partial charge in [0.15, 0.2) is 0 Å². The van der Waals surface area contributed by atoms with Gasteiger partial charge in [-0.15, -0.1) is 0 Å². The largest absolute Gasteiger partial charge is 0.481 e. The Labute approximate surface area is 173 Å². The Morgan fingerprint density at radius 3 is 2.59 bits per heavy atom. The second-order valence-electron chi connectivity index (χ2n) is 11.0. The van der Waals surface area contributed by atoms with Crippen LogP contribution in [-0.4, -0.2) is 33.9 Å². The first kappa shape index (κ1) is 21.0. The zero-order valence-electron chi connectivity index (χ0n) is 18.0. The second kappa shape index (κ2) is 7.18. The molecule has 0 amide bonds. The Bertz CT molecular complexity index is 716. The van der Waals surface area contributed by atoms with Gasteiger partial charge in [-0.25, -0.2) is 0 Å². The lowest BCUT2D eigenvalue weighted by atomic mass is 9.43. The minimum Gasteiger partial charge on any atom is -0.481 e. The Morgan fingerprint density at radius 2 is 1.90 bits per heavy atom. The molecule has 0 radical (unpaired) electrons. The molecule has 0 aromatic carbocycles. The topological polar surface area (TPSA) is 91.7 Å². The standard InChI is InChI=1S/C24H36O5/c1-13(4-7-21(28)29)16-5-6-17-22-18(12-20(27)24(16,17)3)23(2)9-8-15(25)10-14(23)11-19(22)26/h13-14,16-19,22,26H,4-12H2,1-3H3,(H,28,29)/t13-,14?,16-,17?,18?,19?,22?,23+,24-/m1/s1. The smallest absolute Gasteiger partial charge is 0.303 e. The summed E-state index contributed by atoms with van der Waals surface area (Å²) in [6.07, 6.45) is 5.42. The maximum Gasteiger partial charge on any atom is 0.303 e. The highest BCUT2D eigenvalue weighted by molar-refractivity contribution is 5.87. The number of carboxylic acids is 1. The van der Waals surface area contributed by atoms with Gasteiger partial charge < -0.3 is 10.2 Å². The van der Waals surface area contributed by atoms with Crippen LogP contribution in [0, 0.1) is 46.3 Å². The van der Waals surface area contributed by atoms with Gasteiger partial charge in [0.25, 0.3) is 0 Å². The molecule has 0 aromatic heterocycles. The van der Waals surface area contributed by atoms with Crippen molar-refractivity contribution in [3.05, 3.63) is 0 Å². The van der Waals surface area contributed by atoms with Crippen LogP contribution in [-0.2, 0) is 14.4 Å². The van der Waals surface area contributed by atoms with E-state index in [4.69, 9.17) is 5.11 Å². The third kappa shape index (κ3) is 3.10. The third-order valence-corrected chi connectivity index (χ3v) is 9.93. The predicted octanol–water partition coefficient (Wildman–Crippen LogP) is 3.87. The van der Waals surface area contributed by atoms with Crippen LogP contribution in [0.1, 0.15) is 78.6 Å². The molecule has 0 heterocycles. The molecule has 4 aliphatic carbocycles. The van der Waals surface area contributed by atoms with Crippen LogP contribution < -0.4 is 0 Å². The first-order valence-corrected chi connectivity index (χ1v) is 11.5. The van der Waals surface area contributed by atoms with Gasteiger partial charge in [0.05, 0.1) is 6.10 Å². The first-order valence-electron chi connectivity index (χ1n) is 11.5. The Hall–Kier alpha value is -1.23. The van der Waals surface area contributed by atoms with Crippen molar-refractivity contribution in [2.24, 2.45) is 46.3 Å². The molecular formula is C24H36O5. The lowest BCUT2D eigenvalue weighted by Gasteiger charge is -2.61. The number of aliphatic carboxylic acids is 1. The summed E-state index contributed by atoms with van der Waals surface area (Å²) in [6.45, 7) is 6.48. The van der Waals surface area contributed by atoms with E-state index in [-0.39, 0.29) is 47.3 Å². The zero-order chi connectivity index (χ0) is 21.1. The molecule has 5 heteroatoms. The van der Waals surface area contributed by atoms with Gasteiger partial charge in [0.2, 0.25) is 0 Å². The highest BCUT2D eigenvalue weighted by atomic mass is 16.4. The van der Waals surface area contributed by atoms with E-state index in [1.807, 2.05) is 0 Å². The Morgan fingerprint density at radius 1 is 1.17 bits per heavy atom. The van der Waals surface area contributed by atoms with E-state index in [1.54, 1.807) is 0 Å². The maximum absolute atomic E-state index is 13.6. The average Bonchev–Trinajstić information content (AvgIpc) is 3.01. The first-order chi connectivity index (χ1) is 13.6. The van der Waals surface area contributed by atoms with Gasteiger partial charge >= 0.3 is 5.97 Å². The molecule has 4 saturated carbocycles. The second-order valence-corrected chi connectivity index (χ2v) is 11.0. The van der Waals surface area contributed by atoms with Crippen LogP contribution in [0.2, 0.25) is 0 Å². The quantitative estimate of drug-likeness (QED) is 0.742. The maximum atomic E-state index is 13.6. The molecule has 9 atom stereocenters. The van der Waals surface area contributed by atoms with E-state index >= 15 is 0 Å². The Balaban J connectivity index is 1.62. The van der Waals surface area contributed by atoms with Crippen molar-refractivity contribution in [3.63, 3.8) is 0 Å². The van der Waals surface area contributed by atoms with Crippen molar-refractivity contribution in [1.29, 1.82) is 0 Å². The van der Waals surface area contributed by atoms with Gasteiger partial charge in [0.1, 0.15) is 11.6 Å². The average molecular weight is 405 g/mol. The van der Waals surface area contributed by atoms with Crippen molar-refractivity contribution in [3.8, 4) is 0 Å². The fourth-order valence-corrected chi connectivity index (χ4v) is 8.22. The summed E-state index contributed by atoms with van der Waals surface area (Å²) in [5.41, 5.74) is -0.477. The number of hydrogen-bond acceptors (Lipinski definition) is 4. The lowest BCUT2D eigenvalue weighted by molar-refractivity contribution is -0.177. The SMILES string of the molecule is C[C@H](CCC(=O)O)[C@H]1CCC2C3C(O)CC4CC(=O)CC[C@]4(C)C3CC(=O)[C@@]21C. The summed E-state index contributed by atoms with van der Waals surface area (Å²) in [4.78, 5) is 36.7. The van der Waals surface area contributed by atoms with Crippen LogP contribution in [0.4, 0.5) is 0 Å². The van der Waals surface area contributed by atoms with E-state index in [9.17, 15) is 19.5 Å². The number of hydrogen-bond donors (Lipinski definition) is 2. The summed E-state index contributed by atoms with van der Waals surface area (Å²) in [5.74, 6) is 0.911. The van der Waals surface area contributed by atoms with Crippen molar-refractivity contribution in [2.45, 2.75) is 84.7 Å². The number of carbonyl (C=O) groups is 3. The van der Waals surface area contributed by atoms with Gasteiger partial charge in [-0.3, -0.25) is 14.4 Å². The van der Waals surface area contributed by atoms with Crippen LogP contribution >= 0.6 is 0 Å². The molecule has 5 unspecified atom stereocenters. The number of fused-ring (bicyclic) bond motifs is 5. The number of ketones is 2.